The van der Waals surface area contributed by atoms with Gasteiger partial charge in [-0.15, -0.1) is 0 Å². The van der Waals surface area contributed by atoms with E-state index < -0.39 is 0 Å². The lowest BCUT2D eigenvalue weighted by Crippen LogP contribution is -2.41. The van der Waals surface area contributed by atoms with Gasteiger partial charge in [-0.05, 0) is 49.8 Å². The predicted molar refractivity (Wildman–Crippen MR) is 80.3 cm³/mol. The SMILES string of the molecule is CC(C)NCCC(C)C1CCOC2(CCSC2)C1. The Kier molecular flexibility index (Phi) is 5.40. The van der Waals surface area contributed by atoms with E-state index in [1.165, 1.54) is 37.2 Å². The molecule has 0 aromatic heterocycles. The van der Waals surface area contributed by atoms with E-state index in [4.69, 9.17) is 4.74 Å². The van der Waals surface area contributed by atoms with E-state index >= 15 is 0 Å². The van der Waals surface area contributed by atoms with Gasteiger partial charge in [0.15, 0.2) is 0 Å². The molecule has 3 atom stereocenters. The molecule has 3 unspecified atom stereocenters. The second kappa shape index (κ2) is 6.62. The van der Waals surface area contributed by atoms with Gasteiger partial charge in [0, 0.05) is 18.4 Å². The van der Waals surface area contributed by atoms with Crippen LogP contribution in [0.1, 0.15) is 46.5 Å². The van der Waals surface area contributed by atoms with Crippen molar-refractivity contribution in [2.75, 3.05) is 24.7 Å². The highest BCUT2D eigenvalue weighted by Crippen LogP contribution is 2.42. The molecular weight excluding hydrogens is 242 g/mol. The number of thioether (sulfide) groups is 1. The van der Waals surface area contributed by atoms with Crippen molar-refractivity contribution in [3.05, 3.63) is 0 Å². The van der Waals surface area contributed by atoms with E-state index in [0.29, 0.717) is 6.04 Å². The largest absolute Gasteiger partial charge is 0.374 e. The highest BCUT2D eigenvalue weighted by Gasteiger charge is 2.41. The summed E-state index contributed by atoms with van der Waals surface area (Å²) < 4.78 is 6.11. The van der Waals surface area contributed by atoms with Gasteiger partial charge in [-0.25, -0.2) is 0 Å². The highest BCUT2D eigenvalue weighted by molar-refractivity contribution is 7.99. The van der Waals surface area contributed by atoms with E-state index in [0.717, 1.165) is 25.0 Å². The Morgan fingerprint density at radius 3 is 2.89 bits per heavy atom. The Hall–Kier alpha value is 0.270. The normalized spacial score (nSPS) is 34.3. The summed E-state index contributed by atoms with van der Waals surface area (Å²) in [7, 11) is 0. The first kappa shape index (κ1) is 14.7. The van der Waals surface area contributed by atoms with Gasteiger partial charge in [-0.2, -0.15) is 11.8 Å². The number of nitrogens with one attached hydrogen (secondary N) is 1. The second-order valence-corrected chi connectivity index (χ2v) is 7.57. The van der Waals surface area contributed by atoms with Crippen LogP contribution in [0.3, 0.4) is 0 Å². The van der Waals surface area contributed by atoms with Crippen molar-refractivity contribution in [1.82, 2.24) is 5.32 Å². The van der Waals surface area contributed by atoms with Crippen molar-refractivity contribution in [2.45, 2.75) is 58.1 Å². The fourth-order valence-corrected chi connectivity index (χ4v) is 4.63. The average Bonchev–Trinajstić information content (AvgIpc) is 2.76. The Morgan fingerprint density at radius 1 is 1.39 bits per heavy atom. The third kappa shape index (κ3) is 3.88. The van der Waals surface area contributed by atoms with Gasteiger partial charge in [-0.1, -0.05) is 20.8 Å². The summed E-state index contributed by atoms with van der Waals surface area (Å²) in [6.07, 6.45) is 5.18. The van der Waals surface area contributed by atoms with Gasteiger partial charge in [0.2, 0.25) is 0 Å². The molecule has 2 fully saturated rings. The van der Waals surface area contributed by atoms with Crippen molar-refractivity contribution in [3.63, 3.8) is 0 Å². The molecule has 3 heteroatoms. The molecule has 0 bridgehead atoms. The maximum absolute atomic E-state index is 6.11. The zero-order chi connectivity index (χ0) is 13.0. The Bertz CT molecular complexity index is 251. The molecule has 0 aromatic carbocycles. The Labute approximate surface area is 117 Å². The fourth-order valence-electron chi connectivity index (χ4n) is 3.25. The number of ether oxygens (including phenoxy) is 1. The van der Waals surface area contributed by atoms with Crippen molar-refractivity contribution in [1.29, 1.82) is 0 Å². The molecular formula is C15H29NOS. The second-order valence-electron chi connectivity index (χ2n) is 6.46. The van der Waals surface area contributed by atoms with E-state index in [-0.39, 0.29) is 5.60 Å². The van der Waals surface area contributed by atoms with Gasteiger partial charge in [0.1, 0.15) is 0 Å². The van der Waals surface area contributed by atoms with Gasteiger partial charge >= 0.3 is 0 Å². The molecule has 0 saturated carbocycles. The van der Waals surface area contributed by atoms with Crippen LogP contribution in [0.25, 0.3) is 0 Å². The van der Waals surface area contributed by atoms with Crippen LogP contribution in [-0.2, 0) is 4.74 Å². The lowest BCUT2D eigenvalue weighted by Gasteiger charge is -2.40. The lowest BCUT2D eigenvalue weighted by atomic mass is 9.77. The molecule has 2 rings (SSSR count). The van der Waals surface area contributed by atoms with Gasteiger partial charge in [0.05, 0.1) is 5.60 Å². The maximum atomic E-state index is 6.11. The topological polar surface area (TPSA) is 21.3 Å². The molecule has 0 amide bonds. The molecule has 2 aliphatic rings. The van der Waals surface area contributed by atoms with Gasteiger partial charge in [-0.3, -0.25) is 0 Å². The van der Waals surface area contributed by atoms with Gasteiger partial charge in [0.25, 0.3) is 0 Å². The molecule has 1 N–H and O–H groups in total. The minimum absolute atomic E-state index is 0.257. The molecule has 0 aromatic rings. The molecule has 2 saturated heterocycles. The van der Waals surface area contributed by atoms with Crippen LogP contribution in [0, 0.1) is 11.8 Å². The summed E-state index contributed by atoms with van der Waals surface area (Å²) in [6, 6.07) is 0.615. The van der Waals surface area contributed by atoms with Crippen molar-refractivity contribution >= 4 is 11.8 Å². The Morgan fingerprint density at radius 2 is 2.22 bits per heavy atom. The lowest BCUT2D eigenvalue weighted by molar-refractivity contribution is -0.0883. The molecule has 1 spiro atoms. The number of hydrogen-bond donors (Lipinski definition) is 1. The summed E-state index contributed by atoms with van der Waals surface area (Å²) in [5, 5.41) is 3.54. The smallest absolute Gasteiger partial charge is 0.0783 e. The highest BCUT2D eigenvalue weighted by atomic mass is 32.2. The molecule has 18 heavy (non-hydrogen) atoms. The summed E-state index contributed by atoms with van der Waals surface area (Å²) >= 11 is 2.08. The number of rotatable bonds is 5. The zero-order valence-corrected chi connectivity index (χ0v) is 13.0. The summed E-state index contributed by atoms with van der Waals surface area (Å²) in [5.41, 5.74) is 0.257. The molecule has 0 aliphatic carbocycles. The number of hydrogen-bond acceptors (Lipinski definition) is 3. The van der Waals surface area contributed by atoms with Crippen LogP contribution >= 0.6 is 11.8 Å². The van der Waals surface area contributed by atoms with Crippen LogP contribution in [0.15, 0.2) is 0 Å². The third-order valence-corrected chi connectivity index (χ3v) is 5.78. The van der Waals surface area contributed by atoms with Crippen LogP contribution in [0.5, 0.6) is 0 Å². The van der Waals surface area contributed by atoms with Crippen LogP contribution < -0.4 is 5.32 Å². The summed E-state index contributed by atoms with van der Waals surface area (Å²) in [4.78, 5) is 0. The first-order chi connectivity index (χ1) is 8.61. The minimum Gasteiger partial charge on any atom is -0.374 e. The monoisotopic (exact) mass is 271 g/mol. The van der Waals surface area contributed by atoms with E-state index in [1.807, 2.05) is 0 Å². The van der Waals surface area contributed by atoms with Gasteiger partial charge < -0.3 is 10.1 Å². The van der Waals surface area contributed by atoms with Crippen molar-refractivity contribution in [3.8, 4) is 0 Å². The van der Waals surface area contributed by atoms with E-state index in [1.54, 1.807) is 0 Å². The first-order valence-electron chi connectivity index (χ1n) is 7.56. The van der Waals surface area contributed by atoms with Crippen LogP contribution in [0.4, 0.5) is 0 Å². The molecule has 2 nitrogen and oxygen atoms in total. The fraction of sp³-hybridized carbons (Fsp3) is 1.00. The summed E-state index contributed by atoms with van der Waals surface area (Å²) in [5.74, 6) is 4.25. The predicted octanol–water partition coefficient (Wildman–Crippen LogP) is 3.31. The average molecular weight is 271 g/mol. The quantitative estimate of drug-likeness (QED) is 0.829. The molecule has 2 heterocycles. The molecule has 106 valence electrons. The van der Waals surface area contributed by atoms with Crippen molar-refractivity contribution < 1.29 is 4.74 Å². The van der Waals surface area contributed by atoms with Crippen molar-refractivity contribution in [2.24, 2.45) is 11.8 Å². The standard InChI is InChI=1S/C15H29NOS/c1-12(2)16-7-4-13(3)14-5-8-17-15(10-14)6-9-18-11-15/h12-14,16H,4-11H2,1-3H3. The maximum Gasteiger partial charge on any atom is 0.0783 e. The Balaban J connectivity index is 1.77. The third-order valence-electron chi connectivity index (χ3n) is 4.56. The van der Waals surface area contributed by atoms with E-state index in [2.05, 4.69) is 37.8 Å². The van der Waals surface area contributed by atoms with Crippen LogP contribution in [0.2, 0.25) is 0 Å². The zero-order valence-electron chi connectivity index (χ0n) is 12.2. The molecule has 0 radical (unpaired) electrons. The van der Waals surface area contributed by atoms with Crippen LogP contribution in [-0.4, -0.2) is 36.3 Å². The summed E-state index contributed by atoms with van der Waals surface area (Å²) in [6.45, 7) is 9.05. The minimum atomic E-state index is 0.257. The van der Waals surface area contributed by atoms with E-state index in [9.17, 15) is 0 Å². The first-order valence-corrected chi connectivity index (χ1v) is 8.72. The molecule has 2 aliphatic heterocycles.